The minimum Gasteiger partial charge on any atom is -0.396 e. The Hall–Kier alpha value is -2.62. The molecule has 2 fully saturated rings. The van der Waals surface area contributed by atoms with Gasteiger partial charge in [0.25, 0.3) is 0 Å². The second-order valence-corrected chi connectivity index (χ2v) is 8.61. The van der Waals surface area contributed by atoms with E-state index in [0.717, 1.165) is 80.0 Å². The second-order valence-electron chi connectivity index (χ2n) is 8.61. The summed E-state index contributed by atoms with van der Waals surface area (Å²) in [5.41, 5.74) is 5.79. The van der Waals surface area contributed by atoms with E-state index in [0.29, 0.717) is 17.4 Å². The molecule has 4 heterocycles. The predicted octanol–water partition coefficient (Wildman–Crippen LogP) is 3.77. The molecule has 3 aromatic rings. The molecule has 0 atom stereocenters. The monoisotopic (exact) mass is 404 g/mol. The molecule has 0 spiro atoms. The van der Waals surface area contributed by atoms with Crippen molar-refractivity contribution in [3.63, 3.8) is 0 Å². The Morgan fingerprint density at radius 3 is 2.60 bits per heavy atom. The van der Waals surface area contributed by atoms with Crippen molar-refractivity contribution in [2.45, 2.75) is 38.5 Å². The second kappa shape index (κ2) is 7.90. The van der Waals surface area contributed by atoms with Crippen LogP contribution < -0.4 is 4.90 Å². The topological polar surface area (TPSA) is 73.8 Å². The van der Waals surface area contributed by atoms with Gasteiger partial charge in [0, 0.05) is 32.9 Å². The number of imidazole rings is 1. The van der Waals surface area contributed by atoms with Crippen LogP contribution in [0.3, 0.4) is 0 Å². The summed E-state index contributed by atoms with van der Waals surface area (Å²) in [5.74, 6) is 1.87. The van der Waals surface area contributed by atoms with Gasteiger partial charge in [-0.05, 0) is 67.7 Å². The number of ether oxygens (including phenoxy) is 1. The number of aliphatic hydroxyl groups excluding tert-OH is 1. The van der Waals surface area contributed by atoms with Gasteiger partial charge in [0.1, 0.15) is 11.9 Å². The van der Waals surface area contributed by atoms with Crippen LogP contribution in [0.1, 0.15) is 48.3 Å². The van der Waals surface area contributed by atoms with Crippen LogP contribution in [-0.4, -0.2) is 47.4 Å². The zero-order valence-electron chi connectivity index (χ0n) is 17.5. The third-order valence-electron chi connectivity index (χ3n) is 6.92. The Labute approximate surface area is 176 Å². The predicted molar refractivity (Wildman–Crippen MR) is 117 cm³/mol. The van der Waals surface area contributed by atoms with E-state index in [1.54, 1.807) is 0 Å². The summed E-state index contributed by atoms with van der Waals surface area (Å²) in [6.07, 6.45) is 3.85. The number of rotatable bonds is 3. The minimum atomic E-state index is 0.261. The molecule has 2 aromatic heterocycles. The summed E-state index contributed by atoms with van der Waals surface area (Å²) in [6, 6.07) is 10.7. The lowest BCUT2D eigenvalue weighted by atomic mass is 9.85. The first-order valence-electron chi connectivity index (χ1n) is 11.0. The number of hydrogen-bond donors (Lipinski definition) is 1. The Kier molecular flexibility index (Phi) is 5.10. The maximum atomic E-state index is 10.2. The van der Waals surface area contributed by atoms with Gasteiger partial charge >= 0.3 is 0 Å². The van der Waals surface area contributed by atoms with Crippen molar-refractivity contribution in [1.82, 2.24) is 9.38 Å². The first kappa shape index (κ1) is 19.3. The average molecular weight is 405 g/mol. The molecule has 2 aliphatic rings. The molecule has 1 aromatic carbocycles. The van der Waals surface area contributed by atoms with Gasteiger partial charge in [-0.2, -0.15) is 5.26 Å². The van der Waals surface area contributed by atoms with Gasteiger partial charge < -0.3 is 14.7 Å². The van der Waals surface area contributed by atoms with E-state index in [4.69, 9.17) is 9.72 Å². The number of anilines is 1. The molecule has 156 valence electrons. The molecule has 6 nitrogen and oxygen atoms in total. The van der Waals surface area contributed by atoms with E-state index in [9.17, 15) is 10.4 Å². The molecule has 0 amide bonds. The van der Waals surface area contributed by atoms with Gasteiger partial charge in [0.05, 0.1) is 16.6 Å². The van der Waals surface area contributed by atoms with Gasteiger partial charge in [-0.3, -0.25) is 4.40 Å². The number of benzene rings is 1. The number of hydrogen-bond acceptors (Lipinski definition) is 5. The zero-order chi connectivity index (χ0) is 20.7. The summed E-state index contributed by atoms with van der Waals surface area (Å²) in [7, 11) is 0. The number of para-hydroxylation sites is 2. The highest BCUT2D eigenvalue weighted by Crippen LogP contribution is 2.40. The van der Waals surface area contributed by atoms with Gasteiger partial charge in [0.2, 0.25) is 0 Å². The van der Waals surface area contributed by atoms with Gasteiger partial charge in [0.15, 0.2) is 5.65 Å². The van der Waals surface area contributed by atoms with E-state index in [-0.39, 0.29) is 6.61 Å². The molecule has 2 aliphatic heterocycles. The van der Waals surface area contributed by atoms with Crippen molar-refractivity contribution in [3.8, 4) is 6.07 Å². The maximum Gasteiger partial charge on any atom is 0.157 e. The number of nitrogens with zero attached hydrogens (tertiary/aromatic N) is 4. The standard InChI is InChI=1S/C24H28N4O2/c1-16-22(18-8-12-30-13-9-18)19(14-25)23-26-20-4-2-3-5-21(20)28(23)24(16)27-10-6-17(15-29)7-11-27/h2-5,17-18,29H,6-13,15H2,1H3. The van der Waals surface area contributed by atoms with Crippen molar-refractivity contribution < 1.29 is 9.84 Å². The number of aliphatic hydroxyl groups is 1. The van der Waals surface area contributed by atoms with Gasteiger partial charge in [-0.25, -0.2) is 4.98 Å². The van der Waals surface area contributed by atoms with E-state index >= 15 is 0 Å². The molecular weight excluding hydrogens is 376 g/mol. The molecule has 0 saturated carbocycles. The molecule has 0 radical (unpaired) electrons. The fourth-order valence-corrected chi connectivity index (χ4v) is 5.32. The number of nitriles is 1. The van der Waals surface area contributed by atoms with Gasteiger partial charge in [-0.15, -0.1) is 0 Å². The van der Waals surface area contributed by atoms with Crippen LogP contribution in [0, 0.1) is 24.2 Å². The van der Waals surface area contributed by atoms with Crippen LogP contribution in [0.2, 0.25) is 0 Å². The lowest BCUT2D eigenvalue weighted by Crippen LogP contribution is -2.36. The molecule has 0 unspecified atom stereocenters. The Bertz CT molecular complexity index is 1120. The largest absolute Gasteiger partial charge is 0.396 e. The lowest BCUT2D eigenvalue weighted by Gasteiger charge is -2.36. The molecule has 0 bridgehead atoms. The number of aromatic nitrogens is 2. The van der Waals surface area contributed by atoms with Crippen LogP contribution >= 0.6 is 0 Å². The Morgan fingerprint density at radius 2 is 1.90 bits per heavy atom. The fourth-order valence-electron chi connectivity index (χ4n) is 5.32. The number of pyridine rings is 1. The molecule has 1 N–H and O–H groups in total. The number of fused-ring (bicyclic) bond motifs is 3. The zero-order valence-corrected chi connectivity index (χ0v) is 17.5. The van der Waals surface area contributed by atoms with E-state index in [1.165, 1.54) is 5.56 Å². The van der Waals surface area contributed by atoms with Crippen LogP contribution in [0.25, 0.3) is 16.7 Å². The van der Waals surface area contributed by atoms with Crippen molar-refractivity contribution in [2.75, 3.05) is 37.8 Å². The first-order valence-corrected chi connectivity index (χ1v) is 11.0. The third-order valence-corrected chi connectivity index (χ3v) is 6.92. The van der Waals surface area contributed by atoms with Crippen LogP contribution in [0.5, 0.6) is 0 Å². The SMILES string of the molecule is Cc1c(C2CCOCC2)c(C#N)c2nc3ccccc3n2c1N1CCC(CO)CC1. The van der Waals surface area contributed by atoms with Crippen molar-refractivity contribution in [3.05, 3.63) is 41.0 Å². The highest BCUT2D eigenvalue weighted by molar-refractivity contribution is 5.86. The van der Waals surface area contributed by atoms with Crippen molar-refractivity contribution >= 4 is 22.5 Å². The quantitative estimate of drug-likeness (QED) is 0.719. The normalized spacial score (nSPS) is 18.9. The van der Waals surface area contributed by atoms with E-state index in [2.05, 4.69) is 28.4 Å². The molecule has 6 heteroatoms. The maximum absolute atomic E-state index is 10.2. The summed E-state index contributed by atoms with van der Waals surface area (Å²) in [5, 5.41) is 19.8. The minimum absolute atomic E-state index is 0.261. The third kappa shape index (κ3) is 3.05. The smallest absolute Gasteiger partial charge is 0.157 e. The lowest BCUT2D eigenvalue weighted by molar-refractivity contribution is 0.0852. The summed E-state index contributed by atoms with van der Waals surface area (Å²) in [6.45, 7) is 5.74. The van der Waals surface area contributed by atoms with E-state index < -0.39 is 0 Å². The Morgan fingerprint density at radius 1 is 1.17 bits per heavy atom. The molecule has 2 saturated heterocycles. The van der Waals surface area contributed by atoms with E-state index in [1.807, 2.05) is 18.2 Å². The number of piperidine rings is 1. The molecular formula is C24H28N4O2. The van der Waals surface area contributed by atoms with Crippen LogP contribution in [0.15, 0.2) is 24.3 Å². The molecule has 0 aliphatic carbocycles. The first-order chi connectivity index (χ1) is 14.7. The van der Waals surface area contributed by atoms with Crippen molar-refractivity contribution in [1.29, 1.82) is 5.26 Å². The van der Waals surface area contributed by atoms with Crippen molar-refractivity contribution in [2.24, 2.45) is 5.92 Å². The fraction of sp³-hybridized carbons (Fsp3) is 0.500. The van der Waals surface area contributed by atoms with Crippen LogP contribution in [-0.2, 0) is 4.74 Å². The van der Waals surface area contributed by atoms with Crippen LogP contribution in [0.4, 0.5) is 5.82 Å². The van der Waals surface area contributed by atoms with Gasteiger partial charge in [-0.1, -0.05) is 12.1 Å². The summed E-state index contributed by atoms with van der Waals surface area (Å²) < 4.78 is 7.80. The average Bonchev–Trinajstić information content (AvgIpc) is 3.18. The molecule has 30 heavy (non-hydrogen) atoms. The molecule has 5 rings (SSSR count). The highest BCUT2D eigenvalue weighted by Gasteiger charge is 2.30. The Balaban J connectivity index is 1.78. The highest BCUT2D eigenvalue weighted by atomic mass is 16.5. The summed E-state index contributed by atoms with van der Waals surface area (Å²) in [4.78, 5) is 7.35. The summed E-state index contributed by atoms with van der Waals surface area (Å²) >= 11 is 0.